The van der Waals surface area contributed by atoms with Gasteiger partial charge in [-0.15, -0.1) is 10.2 Å². The topological polar surface area (TPSA) is 69.0 Å². The summed E-state index contributed by atoms with van der Waals surface area (Å²) in [4.78, 5) is 12.4. The van der Waals surface area contributed by atoms with Gasteiger partial charge >= 0.3 is 0 Å². The maximum atomic E-state index is 12.4. The van der Waals surface area contributed by atoms with Crippen LogP contribution in [0.5, 0.6) is 11.5 Å². The number of amides is 1. The largest absolute Gasteiger partial charge is 0.457 e. The predicted molar refractivity (Wildman–Crippen MR) is 128 cm³/mol. The van der Waals surface area contributed by atoms with Crippen molar-refractivity contribution in [3.8, 4) is 22.9 Å². The van der Waals surface area contributed by atoms with Crippen molar-refractivity contribution in [1.82, 2.24) is 14.8 Å². The quantitative estimate of drug-likeness (QED) is 0.317. The van der Waals surface area contributed by atoms with Gasteiger partial charge < -0.3 is 14.6 Å². The molecule has 0 radical (unpaired) electrons. The van der Waals surface area contributed by atoms with Crippen LogP contribution >= 0.6 is 23.4 Å². The molecule has 32 heavy (non-hydrogen) atoms. The summed E-state index contributed by atoms with van der Waals surface area (Å²) in [5, 5.41) is 12.8. The van der Waals surface area contributed by atoms with E-state index in [1.807, 2.05) is 90.4 Å². The highest BCUT2D eigenvalue weighted by atomic mass is 35.5. The third-order valence-corrected chi connectivity index (χ3v) is 5.77. The number of anilines is 1. The summed E-state index contributed by atoms with van der Waals surface area (Å²) in [6, 6.07) is 24.3. The summed E-state index contributed by atoms with van der Waals surface area (Å²) in [7, 11) is 0. The van der Waals surface area contributed by atoms with Crippen LogP contribution in [0.3, 0.4) is 0 Å². The highest BCUT2D eigenvalue weighted by Crippen LogP contribution is 2.26. The zero-order valence-electron chi connectivity index (χ0n) is 17.4. The first-order chi connectivity index (χ1) is 15.6. The van der Waals surface area contributed by atoms with Crippen molar-refractivity contribution < 1.29 is 9.53 Å². The Hall–Kier alpha value is -3.29. The maximum absolute atomic E-state index is 12.4. The van der Waals surface area contributed by atoms with Crippen molar-refractivity contribution in [2.24, 2.45) is 0 Å². The van der Waals surface area contributed by atoms with E-state index in [2.05, 4.69) is 15.5 Å². The second-order valence-corrected chi connectivity index (χ2v) is 8.22. The van der Waals surface area contributed by atoms with E-state index in [0.717, 1.165) is 17.1 Å². The van der Waals surface area contributed by atoms with Gasteiger partial charge in [0.05, 0.1) is 5.75 Å². The monoisotopic (exact) mass is 464 g/mol. The Morgan fingerprint density at radius 1 is 1.00 bits per heavy atom. The van der Waals surface area contributed by atoms with E-state index >= 15 is 0 Å². The van der Waals surface area contributed by atoms with Crippen LogP contribution in [0.4, 0.5) is 5.69 Å². The lowest BCUT2D eigenvalue weighted by atomic mass is 10.2. The number of ether oxygens (including phenoxy) is 1. The smallest absolute Gasteiger partial charge is 0.234 e. The Morgan fingerprint density at radius 3 is 2.47 bits per heavy atom. The molecule has 1 amide bonds. The summed E-state index contributed by atoms with van der Waals surface area (Å²) < 4.78 is 7.74. The zero-order valence-corrected chi connectivity index (χ0v) is 18.9. The summed E-state index contributed by atoms with van der Waals surface area (Å²) in [5.41, 5.74) is 1.59. The van der Waals surface area contributed by atoms with Crippen molar-refractivity contribution in [1.29, 1.82) is 0 Å². The molecule has 0 fully saturated rings. The SMILES string of the molecule is CCn1c(SCC(=O)Nc2ccc(Oc3ccccc3)cc2)nnc1-c1cccc(Cl)c1. The van der Waals surface area contributed by atoms with Gasteiger partial charge in [-0.3, -0.25) is 4.79 Å². The minimum Gasteiger partial charge on any atom is -0.457 e. The number of hydrogen-bond acceptors (Lipinski definition) is 5. The molecule has 0 bridgehead atoms. The molecule has 0 unspecified atom stereocenters. The standard InChI is InChI=1S/C24H21ClN4O2S/c1-2-29-23(17-7-6-8-18(25)15-17)27-28-24(29)32-16-22(30)26-19-11-13-21(14-12-19)31-20-9-4-3-5-10-20/h3-15H,2,16H2,1H3,(H,26,30). The van der Waals surface area contributed by atoms with Gasteiger partial charge in [-0.25, -0.2) is 0 Å². The first-order valence-corrected chi connectivity index (χ1v) is 11.4. The second-order valence-electron chi connectivity index (χ2n) is 6.84. The van der Waals surface area contributed by atoms with E-state index in [-0.39, 0.29) is 11.7 Å². The number of nitrogens with one attached hydrogen (secondary N) is 1. The first-order valence-electron chi connectivity index (χ1n) is 10.1. The fourth-order valence-corrected chi connectivity index (χ4v) is 4.07. The molecule has 0 saturated carbocycles. The van der Waals surface area contributed by atoms with Gasteiger partial charge in [-0.1, -0.05) is 53.7 Å². The summed E-state index contributed by atoms with van der Waals surface area (Å²) in [6.07, 6.45) is 0. The molecule has 0 aliphatic heterocycles. The van der Waals surface area contributed by atoms with Crippen LogP contribution in [0.15, 0.2) is 84.0 Å². The fraction of sp³-hybridized carbons (Fsp3) is 0.125. The van der Waals surface area contributed by atoms with E-state index in [4.69, 9.17) is 16.3 Å². The minimum atomic E-state index is -0.123. The van der Waals surface area contributed by atoms with E-state index < -0.39 is 0 Å². The average Bonchev–Trinajstić information content (AvgIpc) is 3.23. The number of hydrogen-bond donors (Lipinski definition) is 1. The van der Waals surface area contributed by atoms with Gasteiger partial charge in [0.1, 0.15) is 11.5 Å². The summed E-state index contributed by atoms with van der Waals surface area (Å²) in [5.74, 6) is 2.29. The Bertz CT molecular complexity index is 1200. The number of para-hydroxylation sites is 1. The number of thioether (sulfide) groups is 1. The fourth-order valence-electron chi connectivity index (χ4n) is 3.08. The molecule has 6 nitrogen and oxygen atoms in total. The average molecular weight is 465 g/mol. The van der Waals surface area contributed by atoms with Gasteiger partial charge in [0.25, 0.3) is 0 Å². The van der Waals surface area contributed by atoms with Crippen molar-refractivity contribution in [2.45, 2.75) is 18.6 Å². The van der Waals surface area contributed by atoms with Crippen molar-refractivity contribution >= 4 is 35.0 Å². The maximum Gasteiger partial charge on any atom is 0.234 e. The van der Waals surface area contributed by atoms with Crippen molar-refractivity contribution in [3.63, 3.8) is 0 Å². The van der Waals surface area contributed by atoms with E-state index in [0.29, 0.717) is 28.2 Å². The molecule has 3 aromatic carbocycles. The normalized spacial score (nSPS) is 10.7. The van der Waals surface area contributed by atoms with Crippen LogP contribution in [-0.4, -0.2) is 26.4 Å². The molecule has 0 aliphatic rings. The minimum absolute atomic E-state index is 0.123. The molecule has 4 aromatic rings. The van der Waals surface area contributed by atoms with Crippen LogP contribution in [0, 0.1) is 0 Å². The second kappa shape index (κ2) is 10.3. The Morgan fingerprint density at radius 2 is 1.75 bits per heavy atom. The van der Waals surface area contributed by atoms with Gasteiger partial charge in [-0.05, 0) is 55.5 Å². The first kappa shape index (κ1) is 21.9. The number of benzene rings is 3. The number of carbonyl (C=O) groups excluding carboxylic acids is 1. The van der Waals surface area contributed by atoms with Crippen LogP contribution in [0.25, 0.3) is 11.4 Å². The zero-order chi connectivity index (χ0) is 22.3. The number of aromatic nitrogens is 3. The molecule has 0 aliphatic carbocycles. The van der Waals surface area contributed by atoms with Crippen LogP contribution < -0.4 is 10.1 Å². The lowest BCUT2D eigenvalue weighted by Gasteiger charge is -2.09. The number of halogens is 1. The van der Waals surface area contributed by atoms with Gasteiger partial charge in [0.15, 0.2) is 11.0 Å². The lowest BCUT2D eigenvalue weighted by Crippen LogP contribution is -2.14. The third-order valence-electron chi connectivity index (χ3n) is 4.57. The number of carbonyl (C=O) groups is 1. The van der Waals surface area contributed by atoms with Gasteiger partial charge in [0, 0.05) is 22.8 Å². The molecule has 4 rings (SSSR count). The number of rotatable bonds is 8. The third kappa shape index (κ3) is 5.49. The molecule has 1 heterocycles. The van der Waals surface area contributed by atoms with Gasteiger partial charge in [0.2, 0.25) is 5.91 Å². The Balaban J connectivity index is 1.35. The molecule has 0 saturated heterocycles. The predicted octanol–water partition coefficient (Wildman–Crippen LogP) is 6.14. The van der Waals surface area contributed by atoms with Crippen LogP contribution in [-0.2, 0) is 11.3 Å². The number of nitrogens with zero attached hydrogens (tertiary/aromatic N) is 3. The Kier molecular flexibility index (Phi) is 7.09. The summed E-state index contributed by atoms with van der Waals surface area (Å²) in [6.45, 7) is 2.70. The lowest BCUT2D eigenvalue weighted by molar-refractivity contribution is -0.113. The van der Waals surface area contributed by atoms with Crippen LogP contribution in [0.2, 0.25) is 5.02 Å². The highest BCUT2D eigenvalue weighted by Gasteiger charge is 2.15. The van der Waals surface area contributed by atoms with Crippen LogP contribution in [0.1, 0.15) is 6.92 Å². The molecular formula is C24H21ClN4O2S. The molecule has 1 N–H and O–H groups in total. The van der Waals surface area contributed by atoms with E-state index in [1.165, 1.54) is 11.8 Å². The molecule has 162 valence electrons. The molecule has 8 heteroatoms. The van der Waals surface area contributed by atoms with Gasteiger partial charge in [-0.2, -0.15) is 0 Å². The molecule has 1 aromatic heterocycles. The molecule has 0 atom stereocenters. The molecule has 0 spiro atoms. The molecular weight excluding hydrogens is 444 g/mol. The Labute approximate surface area is 195 Å². The van der Waals surface area contributed by atoms with E-state index in [9.17, 15) is 4.79 Å². The van der Waals surface area contributed by atoms with Crippen molar-refractivity contribution in [3.05, 3.63) is 83.9 Å². The summed E-state index contributed by atoms with van der Waals surface area (Å²) >= 11 is 7.45. The van der Waals surface area contributed by atoms with Crippen molar-refractivity contribution in [2.75, 3.05) is 11.1 Å². The highest BCUT2D eigenvalue weighted by molar-refractivity contribution is 7.99. The van der Waals surface area contributed by atoms with E-state index in [1.54, 1.807) is 0 Å².